The number of aliphatic hydroxyl groups is 1. The highest BCUT2D eigenvalue weighted by Gasteiger charge is 2.18. The quantitative estimate of drug-likeness (QED) is 0.355. The molecule has 0 aliphatic rings. The van der Waals surface area contributed by atoms with Gasteiger partial charge in [-0.05, 0) is 10.5 Å². The van der Waals surface area contributed by atoms with Crippen LogP contribution in [0.25, 0.3) is 0 Å². The molecule has 0 spiro atoms. The van der Waals surface area contributed by atoms with Gasteiger partial charge in [0.2, 0.25) is 0 Å². The van der Waals surface area contributed by atoms with E-state index in [1.807, 2.05) is 22.6 Å². The van der Waals surface area contributed by atoms with Gasteiger partial charge in [-0.15, -0.1) is 0 Å². The Morgan fingerprint density at radius 2 is 2.21 bits per heavy atom. The number of esters is 1. The minimum Gasteiger partial charge on any atom is -0.466 e. The number of unbranched alkanes of at least 4 members (excludes halogenated alkanes) is 2. The van der Waals surface area contributed by atoms with E-state index < -0.39 is 12.1 Å². The van der Waals surface area contributed by atoms with Crippen molar-refractivity contribution in [2.45, 2.75) is 38.7 Å². The molecule has 0 saturated heterocycles. The standard InChI is InChI=1S/C10H17IO3/c1-3-4-5-6-9(12)8(7-11)10(13)14-2/h7,9,12H,3-6H2,1-2H3/b8-7+. The average Bonchev–Trinajstić information content (AvgIpc) is 2.19. The van der Waals surface area contributed by atoms with E-state index in [-0.39, 0.29) is 0 Å². The summed E-state index contributed by atoms with van der Waals surface area (Å²) in [7, 11) is 1.32. The summed E-state index contributed by atoms with van der Waals surface area (Å²) in [5.74, 6) is -0.441. The van der Waals surface area contributed by atoms with Gasteiger partial charge in [0.1, 0.15) is 0 Å². The zero-order valence-corrected chi connectivity index (χ0v) is 10.8. The summed E-state index contributed by atoms with van der Waals surface area (Å²) in [6, 6.07) is 0. The van der Waals surface area contributed by atoms with E-state index >= 15 is 0 Å². The number of rotatable bonds is 6. The van der Waals surface area contributed by atoms with Crippen LogP contribution in [0.2, 0.25) is 0 Å². The van der Waals surface area contributed by atoms with E-state index in [2.05, 4.69) is 11.7 Å². The highest BCUT2D eigenvalue weighted by molar-refractivity contribution is 14.1. The van der Waals surface area contributed by atoms with E-state index in [1.54, 1.807) is 4.08 Å². The van der Waals surface area contributed by atoms with Gasteiger partial charge in [-0.25, -0.2) is 4.79 Å². The van der Waals surface area contributed by atoms with Crippen LogP contribution in [0.15, 0.2) is 9.66 Å². The van der Waals surface area contributed by atoms with E-state index in [9.17, 15) is 9.90 Å². The average molecular weight is 312 g/mol. The molecule has 0 bridgehead atoms. The molecule has 0 aromatic carbocycles. The Morgan fingerprint density at radius 1 is 1.57 bits per heavy atom. The fourth-order valence-electron chi connectivity index (χ4n) is 1.11. The summed E-state index contributed by atoms with van der Waals surface area (Å²) in [5.41, 5.74) is 0.351. The lowest BCUT2D eigenvalue weighted by molar-refractivity contribution is -0.137. The zero-order chi connectivity index (χ0) is 11.0. The molecule has 1 atom stereocenters. The van der Waals surface area contributed by atoms with Crippen molar-refractivity contribution in [1.29, 1.82) is 0 Å². The van der Waals surface area contributed by atoms with Gasteiger partial charge in [0, 0.05) is 0 Å². The molecule has 0 rings (SSSR count). The molecule has 0 aliphatic carbocycles. The first-order valence-corrected chi connectivity index (χ1v) is 5.98. The molecule has 0 aromatic heterocycles. The van der Waals surface area contributed by atoms with Gasteiger partial charge in [-0.3, -0.25) is 0 Å². The summed E-state index contributed by atoms with van der Waals surface area (Å²) >= 11 is 1.94. The van der Waals surface area contributed by atoms with Gasteiger partial charge in [0.25, 0.3) is 0 Å². The lowest BCUT2D eigenvalue weighted by Crippen LogP contribution is -2.18. The Bertz CT molecular complexity index is 202. The fraction of sp³-hybridized carbons (Fsp3) is 0.700. The van der Waals surface area contributed by atoms with E-state index in [0.29, 0.717) is 12.0 Å². The molecule has 0 aliphatic heterocycles. The zero-order valence-electron chi connectivity index (χ0n) is 8.62. The summed E-state index contributed by atoms with van der Waals surface area (Å²) in [6.07, 6.45) is 3.05. The molecule has 14 heavy (non-hydrogen) atoms. The van der Waals surface area contributed by atoms with Crippen molar-refractivity contribution in [3.05, 3.63) is 9.66 Å². The van der Waals surface area contributed by atoms with Crippen molar-refractivity contribution in [3.63, 3.8) is 0 Å². The molecule has 0 aromatic rings. The van der Waals surface area contributed by atoms with Crippen molar-refractivity contribution in [2.75, 3.05) is 7.11 Å². The highest BCUT2D eigenvalue weighted by Crippen LogP contribution is 2.14. The number of aliphatic hydroxyl groups excluding tert-OH is 1. The second kappa shape index (κ2) is 8.23. The first-order valence-electron chi connectivity index (χ1n) is 4.74. The van der Waals surface area contributed by atoms with Crippen LogP contribution in [0, 0.1) is 0 Å². The molecule has 1 N–H and O–H groups in total. The Labute approximate surface area is 98.7 Å². The number of carbonyl (C=O) groups is 1. The van der Waals surface area contributed by atoms with Crippen molar-refractivity contribution in [3.8, 4) is 0 Å². The lowest BCUT2D eigenvalue weighted by Gasteiger charge is -2.11. The Kier molecular flexibility index (Phi) is 8.17. The molecule has 82 valence electrons. The van der Waals surface area contributed by atoms with Crippen LogP contribution in [0.1, 0.15) is 32.6 Å². The van der Waals surface area contributed by atoms with Gasteiger partial charge < -0.3 is 9.84 Å². The SMILES string of the molecule is CCCCCC(O)/C(=C\I)C(=O)OC. The van der Waals surface area contributed by atoms with Crippen molar-refractivity contribution >= 4 is 28.6 Å². The molecule has 0 saturated carbocycles. The topological polar surface area (TPSA) is 46.5 Å². The van der Waals surface area contributed by atoms with Gasteiger partial charge in [-0.1, -0.05) is 48.8 Å². The predicted molar refractivity (Wildman–Crippen MR) is 64.3 cm³/mol. The lowest BCUT2D eigenvalue weighted by atomic mass is 10.0. The normalized spacial score (nSPS) is 13.9. The highest BCUT2D eigenvalue weighted by atomic mass is 127. The van der Waals surface area contributed by atoms with Crippen LogP contribution < -0.4 is 0 Å². The van der Waals surface area contributed by atoms with Crippen LogP contribution >= 0.6 is 22.6 Å². The number of hydrogen-bond acceptors (Lipinski definition) is 3. The predicted octanol–water partition coefficient (Wildman–Crippen LogP) is 2.42. The molecule has 3 nitrogen and oxygen atoms in total. The Hall–Kier alpha value is -0.100. The van der Waals surface area contributed by atoms with Crippen molar-refractivity contribution < 1.29 is 14.6 Å². The number of methoxy groups -OCH3 is 1. The second-order valence-corrected chi connectivity index (χ2v) is 3.69. The summed E-state index contributed by atoms with van der Waals surface area (Å²) in [6.45, 7) is 2.10. The van der Waals surface area contributed by atoms with E-state index in [0.717, 1.165) is 19.3 Å². The van der Waals surface area contributed by atoms with Gasteiger partial charge in [-0.2, -0.15) is 0 Å². The molecular weight excluding hydrogens is 295 g/mol. The molecule has 0 radical (unpaired) electrons. The van der Waals surface area contributed by atoms with E-state index in [1.165, 1.54) is 7.11 Å². The Morgan fingerprint density at radius 3 is 2.64 bits per heavy atom. The maximum Gasteiger partial charge on any atom is 0.336 e. The molecule has 0 fully saturated rings. The largest absolute Gasteiger partial charge is 0.466 e. The summed E-state index contributed by atoms with van der Waals surface area (Å²) in [5, 5.41) is 9.66. The number of carbonyl (C=O) groups excluding carboxylic acids is 1. The monoisotopic (exact) mass is 312 g/mol. The molecule has 1 unspecified atom stereocenters. The smallest absolute Gasteiger partial charge is 0.336 e. The van der Waals surface area contributed by atoms with Crippen LogP contribution in [-0.4, -0.2) is 24.3 Å². The number of hydrogen-bond donors (Lipinski definition) is 1. The maximum atomic E-state index is 11.2. The summed E-state index contributed by atoms with van der Waals surface area (Å²) in [4.78, 5) is 11.2. The minimum absolute atomic E-state index is 0.351. The molecule has 0 heterocycles. The van der Waals surface area contributed by atoms with Gasteiger partial charge >= 0.3 is 5.97 Å². The van der Waals surface area contributed by atoms with Crippen molar-refractivity contribution in [1.82, 2.24) is 0 Å². The molecular formula is C10H17IO3. The summed E-state index contributed by atoms with van der Waals surface area (Å²) < 4.78 is 6.14. The van der Waals surface area contributed by atoms with Gasteiger partial charge in [0.15, 0.2) is 0 Å². The number of halogens is 1. The van der Waals surface area contributed by atoms with Crippen molar-refractivity contribution in [2.24, 2.45) is 0 Å². The number of ether oxygens (including phenoxy) is 1. The third-order valence-corrected chi connectivity index (χ3v) is 2.65. The Balaban J connectivity index is 4.06. The van der Waals surface area contributed by atoms with Crippen LogP contribution in [0.3, 0.4) is 0 Å². The fourth-order valence-corrected chi connectivity index (χ4v) is 1.78. The second-order valence-electron chi connectivity index (χ2n) is 3.07. The first-order chi connectivity index (χ1) is 6.67. The maximum absolute atomic E-state index is 11.2. The van der Waals surface area contributed by atoms with E-state index in [4.69, 9.17) is 0 Å². The van der Waals surface area contributed by atoms with Crippen LogP contribution in [-0.2, 0) is 9.53 Å². The van der Waals surface area contributed by atoms with Crippen LogP contribution in [0.4, 0.5) is 0 Å². The van der Waals surface area contributed by atoms with Gasteiger partial charge in [0.05, 0.1) is 18.8 Å². The molecule has 4 heteroatoms. The first kappa shape index (κ1) is 13.9. The third kappa shape index (κ3) is 4.95. The van der Waals surface area contributed by atoms with Crippen LogP contribution in [0.5, 0.6) is 0 Å². The third-order valence-electron chi connectivity index (χ3n) is 1.98. The molecule has 0 amide bonds. The minimum atomic E-state index is -0.689.